The molecule has 1 heterocycles. The zero-order valence-electron chi connectivity index (χ0n) is 12.9. The Morgan fingerprint density at radius 2 is 1.62 bits per heavy atom. The van der Waals surface area contributed by atoms with Gasteiger partial charge in [-0.1, -0.05) is 11.6 Å². The Bertz CT molecular complexity index is 771. The third kappa shape index (κ3) is 3.57. The molecule has 6 heteroatoms. The van der Waals surface area contributed by atoms with E-state index in [4.69, 9.17) is 11.6 Å². The molecule has 1 saturated heterocycles. The van der Waals surface area contributed by atoms with Crippen LogP contribution in [-0.4, -0.2) is 29.8 Å². The third-order valence-electron chi connectivity index (χ3n) is 3.96. The quantitative estimate of drug-likeness (QED) is 0.914. The van der Waals surface area contributed by atoms with E-state index in [0.29, 0.717) is 16.8 Å². The number of rotatable bonds is 3. The molecule has 0 bridgehead atoms. The molecule has 24 heavy (non-hydrogen) atoms. The van der Waals surface area contributed by atoms with E-state index in [0.717, 1.165) is 25.9 Å². The summed E-state index contributed by atoms with van der Waals surface area (Å²) in [7, 11) is 0. The summed E-state index contributed by atoms with van der Waals surface area (Å²) in [6.45, 7) is 1.57. The number of nitrogens with one attached hydrogen (secondary N) is 1. The number of benzene rings is 2. The molecule has 4 nitrogen and oxygen atoms in total. The first-order valence-electron chi connectivity index (χ1n) is 7.70. The summed E-state index contributed by atoms with van der Waals surface area (Å²) in [5.41, 5.74) is 1.38. The molecule has 0 aliphatic carbocycles. The van der Waals surface area contributed by atoms with E-state index in [1.165, 1.54) is 18.2 Å². The van der Waals surface area contributed by atoms with E-state index >= 15 is 0 Å². The van der Waals surface area contributed by atoms with Gasteiger partial charge in [0.2, 0.25) is 0 Å². The number of anilines is 1. The second-order valence-electron chi connectivity index (χ2n) is 5.66. The van der Waals surface area contributed by atoms with Crippen LogP contribution in [0.4, 0.5) is 10.1 Å². The van der Waals surface area contributed by atoms with Gasteiger partial charge in [0.25, 0.3) is 11.8 Å². The standard InChI is InChI=1S/C18H16ClFN2O2/c19-15-11-14(7-8-16(15)20)21-17(23)12-3-5-13(6-4-12)18(24)22-9-1-2-10-22/h3-8,11H,1-2,9-10H2,(H,21,23). The first-order chi connectivity index (χ1) is 11.5. The molecule has 0 aromatic heterocycles. The zero-order valence-corrected chi connectivity index (χ0v) is 13.6. The highest BCUT2D eigenvalue weighted by atomic mass is 35.5. The second kappa shape index (κ2) is 7.01. The molecule has 124 valence electrons. The van der Waals surface area contributed by atoms with Crippen molar-refractivity contribution in [3.05, 3.63) is 64.4 Å². The number of amides is 2. The summed E-state index contributed by atoms with van der Waals surface area (Å²) in [6.07, 6.45) is 2.07. The maximum Gasteiger partial charge on any atom is 0.255 e. The van der Waals surface area contributed by atoms with Gasteiger partial charge in [-0.3, -0.25) is 9.59 Å². The van der Waals surface area contributed by atoms with Crippen LogP contribution in [0.15, 0.2) is 42.5 Å². The summed E-state index contributed by atoms with van der Waals surface area (Å²) in [5.74, 6) is -0.901. The number of nitrogens with zero attached hydrogens (tertiary/aromatic N) is 1. The molecular weight excluding hydrogens is 331 g/mol. The van der Waals surface area contributed by atoms with E-state index in [-0.39, 0.29) is 16.8 Å². The van der Waals surface area contributed by atoms with E-state index in [1.807, 2.05) is 4.90 Å². The van der Waals surface area contributed by atoms with Crippen molar-refractivity contribution < 1.29 is 14.0 Å². The van der Waals surface area contributed by atoms with Gasteiger partial charge in [-0.15, -0.1) is 0 Å². The van der Waals surface area contributed by atoms with Crippen LogP contribution in [0.3, 0.4) is 0 Å². The lowest BCUT2D eigenvalue weighted by atomic mass is 10.1. The molecule has 0 radical (unpaired) electrons. The molecule has 0 unspecified atom stereocenters. The van der Waals surface area contributed by atoms with Gasteiger partial charge in [0.15, 0.2) is 0 Å². The minimum Gasteiger partial charge on any atom is -0.339 e. The fraction of sp³-hybridized carbons (Fsp3) is 0.222. The predicted molar refractivity (Wildman–Crippen MR) is 90.9 cm³/mol. The molecule has 0 saturated carbocycles. The monoisotopic (exact) mass is 346 g/mol. The predicted octanol–water partition coefficient (Wildman–Crippen LogP) is 3.97. The van der Waals surface area contributed by atoms with E-state index in [9.17, 15) is 14.0 Å². The Labute approximate surface area is 144 Å². The van der Waals surface area contributed by atoms with Crippen molar-refractivity contribution in [3.63, 3.8) is 0 Å². The zero-order chi connectivity index (χ0) is 17.1. The summed E-state index contributed by atoms with van der Waals surface area (Å²) >= 11 is 5.69. The molecule has 2 aromatic carbocycles. The smallest absolute Gasteiger partial charge is 0.255 e. The lowest BCUT2D eigenvalue weighted by Crippen LogP contribution is -2.27. The van der Waals surface area contributed by atoms with Gasteiger partial charge in [0.1, 0.15) is 5.82 Å². The van der Waals surface area contributed by atoms with E-state index < -0.39 is 5.82 Å². The van der Waals surface area contributed by atoms with Crippen LogP contribution in [0.25, 0.3) is 0 Å². The molecule has 0 atom stereocenters. The average Bonchev–Trinajstić information content (AvgIpc) is 3.12. The lowest BCUT2D eigenvalue weighted by molar-refractivity contribution is 0.0792. The van der Waals surface area contributed by atoms with Gasteiger partial charge >= 0.3 is 0 Å². The van der Waals surface area contributed by atoms with Crippen molar-refractivity contribution in [1.29, 1.82) is 0 Å². The number of carbonyl (C=O) groups excluding carboxylic acids is 2. The van der Waals surface area contributed by atoms with Gasteiger partial charge in [-0.25, -0.2) is 4.39 Å². The van der Waals surface area contributed by atoms with Crippen molar-refractivity contribution in [3.8, 4) is 0 Å². The first-order valence-corrected chi connectivity index (χ1v) is 8.08. The molecule has 1 fully saturated rings. The van der Waals surface area contributed by atoms with E-state index in [1.54, 1.807) is 24.3 Å². The van der Waals surface area contributed by atoms with E-state index in [2.05, 4.69) is 5.32 Å². The normalized spacial score (nSPS) is 13.8. The Morgan fingerprint density at radius 3 is 2.25 bits per heavy atom. The SMILES string of the molecule is O=C(Nc1ccc(F)c(Cl)c1)c1ccc(C(=O)N2CCCC2)cc1. The van der Waals surface area contributed by atoms with Crippen molar-refractivity contribution in [1.82, 2.24) is 4.90 Å². The van der Waals surface area contributed by atoms with Crippen LogP contribution in [0.5, 0.6) is 0 Å². The highest BCUT2D eigenvalue weighted by Gasteiger charge is 2.19. The largest absolute Gasteiger partial charge is 0.339 e. The maximum absolute atomic E-state index is 13.1. The van der Waals surface area contributed by atoms with Crippen LogP contribution in [0.2, 0.25) is 5.02 Å². The first kappa shape index (κ1) is 16.5. The Balaban J connectivity index is 1.69. The van der Waals surface area contributed by atoms with Crippen LogP contribution in [0.1, 0.15) is 33.6 Å². The Kier molecular flexibility index (Phi) is 4.81. The molecule has 1 aliphatic heterocycles. The number of halogens is 2. The highest BCUT2D eigenvalue weighted by Crippen LogP contribution is 2.20. The fourth-order valence-corrected chi connectivity index (χ4v) is 2.82. The minimum absolute atomic E-state index is 0.00947. The summed E-state index contributed by atoms with van der Waals surface area (Å²) in [4.78, 5) is 26.3. The lowest BCUT2D eigenvalue weighted by Gasteiger charge is -2.15. The third-order valence-corrected chi connectivity index (χ3v) is 4.25. The molecular formula is C18H16ClFN2O2. The van der Waals surface area contributed by atoms with Gasteiger partial charge < -0.3 is 10.2 Å². The molecule has 0 spiro atoms. The van der Waals surface area contributed by atoms with Crippen molar-refractivity contribution >= 4 is 29.1 Å². The van der Waals surface area contributed by atoms with Crippen molar-refractivity contribution in [2.24, 2.45) is 0 Å². The fourth-order valence-electron chi connectivity index (χ4n) is 2.64. The molecule has 1 N–H and O–H groups in total. The number of hydrogen-bond acceptors (Lipinski definition) is 2. The summed E-state index contributed by atoms with van der Waals surface area (Å²) in [5, 5.41) is 2.59. The van der Waals surface area contributed by atoms with Crippen LogP contribution < -0.4 is 5.32 Å². The van der Waals surface area contributed by atoms with Gasteiger partial charge in [-0.2, -0.15) is 0 Å². The van der Waals surface area contributed by atoms with Gasteiger partial charge in [-0.05, 0) is 55.3 Å². The highest BCUT2D eigenvalue weighted by molar-refractivity contribution is 6.31. The van der Waals surface area contributed by atoms with Gasteiger partial charge in [0.05, 0.1) is 5.02 Å². The molecule has 1 aliphatic rings. The van der Waals surface area contributed by atoms with Crippen molar-refractivity contribution in [2.45, 2.75) is 12.8 Å². The summed E-state index contributed by atoms with van der Waals surface area (Å²) < 4.78 is 13.1. The van der Waals surface area contributed by atoms with Crippen LogP contribution >= 0.6 is 11.6 Å². The molecule has 2 aromatic rings. The topological polar surface area (TPSA) is 49.4 Å². The average molecular weight is 347 g/mol. The number of hydrogen-bond donors (Lipinski definition) is 1. The molecule has 2 amide bonds. The summed E-state index contributed by atoms with van der Waals surface area (Å²) in [6, 6.07) is 10.5. The number of likely N-dealkylation sites (tertiary alicyclic amines) is 1. The second-order valence-corrected chi connectivity index (χ2v) is 6.07. The maximum atomic E-state index is 13.1. The van der Waals surface area contributed by atoms with Crippen LogP contribution in [-0.2, 0) is 0 Å². The minimum atomic E-state index is -0.542. The molecule has 3 rings (SSSR count). The van der Waals surface area contributed by atoms with Gasteiger partial charge in [0, 0.05) is 29.9 Å². The Hall–Kier alpha value is -2.40. The number of carbonyl (C=O) groups is 2. The van der Waals surface area contributed by atoms with Crippen LogP contribution in [0, 0.1) is 5.82 Å². The van der Waals surface area contributed by atoms with Crippen molar-refractivity contribution in [2.75, 3.05) is 18.4 Å². The Morgan fingerprint density at radius 1 is 1.00 bits per heavy atom.